The molecule has 4 heteroatoms. The highest BCUT2D eigenvalue weighted by Crippen LogP contribution is 2.50. The van der Waals surface area contributed by atoms with E-state index in [0.29, 0.717) is 5.41 Å². The van der Waals surface area contributed by atoms with Crippen LogP contribution in [0.1, 0.15) is 31.4 Å². The van der Waals surface area contributed by atoms with Crippen molar-refractivity contribution in [3.63, 3.8) is 0 Å². The first kappa shape index (κ1) is 15.5. The summed E-state index contributed by atoms with van der Waals surface area (Å²) in [6, 6.07) is 8.69. The van der Waals surface area contributed by atoms with Crippen LogP contribution in [0.5, 0.6) is 0 Å². The van der Waals surface area contributed by atoms with E-state index in [1.54, 1.807) is 0 Å². The maximum Gasteiger partial charge on any atom is 0.231 e. The van der Waals surface area contributed by atoms with E-state index in [4.69, 9.17) is 20.4 Å². The highest BCUT2D eigenvalue weighted by atomic mass is 16.1. The zero-order valence-electron chi connectivity index (χ0n) is 11.5. The fourth-order valence-electron chi connectivity index (χ4n) is 2.37. The highest BCUT2D eigenvalue weighted by molar-refractivity contribution is 6.17. The molecule has 3 rings (SSSR count). The molecule has 20 heavy (non-hydrogen) atoms. The first-order valence-electron chi connectivity index (χ1n) is 6.11. The number of carbonyl (C=O) groups excluding carboxylic acids is 2. The second-order valence-electron chi connectivity index (χ2n) is 5.12. The lowest BCUT2D eigenvalue weighted by molar-refractivity contribution is 0.487. The SMILES string of the molecule is CC1(C)C=C2C(=CC1)c1ccccc12.N=C=O.N=C=O. The van der Waals surface area contributed by atoms with E-state index in [1.165, 1.54) is 28.7 Å². The molecule has 1 aromatic carbocycles. The minimum absolute atomic E-state index is 0.340. The number of hydrogen-bond acceptors (Lipinski definition) is 4. The number of rotatable bonds is 0. The molecule has 2 aliphatic rings. The van der Waals surface area contributed by atoms with E-state index in [2.05, 4.69) is 50.3 Å². The molecule has 0 atom stereocenters. The summed E-state index contributed by atoms with van der Waals surface area (Å²) >= 11 is 0. The Bertz CT molecular complexity index is 616. The van der Waals surface area contributed by atoms with Gasteiger partial charge in [0.2, 0.25) is 12.2 Å². The van der Waals surface area contributed by atoms with Gasteiger partial charge in [-0.15, -0.1) is 0 Å². The van der Waals surface area contributed by atoms with E-state index >= 15 is 0 Å². The minimum Gasteiger partial charge on any atom is -0.222 e. The summed E-state index contributed by atoms with van der Waals surface area (Å²) in [6.45, 7) is 4.60. The lowest BCUT2D eigenvalue weighted by Gasteiger charge is -2.35. The molecule has 0 bridgehead atoms. The molecular formula is C16H16N2O2. The molecule has 0 fully saturated rings. The van der Waals surface area contributed by atoms with E-state index in [-0.39, 0.29) is 0 Å². The lowest BCUT2D eigenvalue weighted by atomic mass is 9.69. The van der Waals surface area contributed by atoms with E-state index < -0.39 is 0 Å². The summed E-state index contributed by atoms with van der Waals surface area (Å²) in [5.74, 6) is 0. The van der Waals surface area contributed by atoms with Gasteiger partial charge in [-0.3, -0.25) is 0 Å². The fourth-order valence-corrected chi connectivity index (χ4v) is 2.37. The van der Waals surface area contributed by atoms with Crippen LogP contribution in [0.2, 0.25) is 0 Å². The average Bonchev–Trinajstić information content (AvgIpc) is 2.38. The van der Waals surface area contributed by atoms with Crippen LogP contribution in [0.15, 0.2) is 36.4 Å². The zero-order valence-corrected chi connectivity index (χ0v) is 11.5. The third-order valence-corrected chi connectivity index (χ3v) is 3.16. The second kappa shape index (κ2) is 6.58. The van der Waals surface area contributed by atoms with Crippen LogP contribution < -0.4 is 0 Å². The Hall–Kier alpha value is -2.54. The van der Waals surface area contributed by atoms with Gasteiger partial charge in [0.1, 0.15) is 0 Å². The average molecular weight is 268 g/mol. The zero-order chi connectivity index (χ0) is 15.2. The van der Waals surface area contributed by atoms with Crippen LogP contribution in [-0.4, -0.2) is 12.2 Å². The van der Waals surface area contributed by atoms with Crippen LogP contribution in [0, 0.1) is 16.2 Å². The first-order valence-corrected chi connectivity index (χ1v) is 6.11. The molecule has 2 aliphatic carbocycles. The Labute approximate surface area is 117 Å². The topological polar surface area (TPSA) is 81.8 Å². The predicted octanol–water partition coefficient (Wildman–Crippen LogP) is 3.70. The van der Waals surface area contributed by atoms with Gasteiger partial charge in [0, 0.05) is 0 Å². The predicted molar refractivity (Wildman–Crippen MR) is 77.6 cm³/mol. The molecule has 0 radical (unpaired) electrons. The van der Waals surface area contributed by atoms with Gasteiger partial charge in [-0.25, -0.2) is 20.4 Å². The van der Waals surface area contributed by atoms with Gasteiger partial charge in [0.15, 0.2) is 0 Å². The van der Waals surface area contributed by atoms with Crippen molar-refractivity contribution >= 4 is 23.3 Å². The van der Waals surface area contributed by atoms with Crippen LogP contribution >= 0.6 is 0 Å². The smallest absolute Gasteiger partial charge is 0.222 e. The van der Waals surface area contributed by atoms with Crippen molar-refractivity contribution < 1.29 is 9.59 Å². The molecule has 0 saturated carbocycles. The van der Waals surface area contributed by atoms with Crippen molar-refractivity contribution in [3.8, 4) is 0 Å². The molecule has 0 saturated heterocycles. The van der Waals surface area contributed by atoms with Crippen LogP contribution in [0.4, 0.5) is 0 Å². The Morgan fingerprint density at radius 1 is 1.00 bits per heavy atom. The Kier molecular flexibility index (Phi) is 5.10. The van der Waals surface area contributed by atoms with E-state index in [1.807, 2.05) is 0 Å². The van der Waals surface area contributed by atoms with Gasteiger partial charge in [-0.1, -0.05) is 50.3 Å². The van der Waals surface area contributed by atoms with Crippen LogP contribution in [-0.2, 0) is 9.59 Å². The van der Waals surface area contributed by atoms with Gasteiger partial charge < -0.3 is 0 Å². The monoisotopic (exact) mass is 268 g/mol. The maximum absolute atomic E-state index is 8.35. The molecule has 4 nitrogen and oxygen atoms in total. The van der Waals surface area contributed by atoms with E-state index in [0.717, 1.165) is 12.2 Å². The summed E-state index contributed by atoms with van der Waals surface area (Å²) in [6.07, 6.45) is 7.47. The number of isocyanates is 2. The third-order valence-electron chi connectivity index (χ3n) is 3.16. The van der Waals surface area contributed by atoms with Crippen LogP contribution in [0.25, 0.3) is 11.1 Å². The number of nitrogens with one attached hydrogen (secondary N) is 2. The molecule has 102 valence electrons. The number of hydrogen-bond donors (Lipinski definition) is 2. The molecule has 0 spiro atoms. The largest absolute Gasteiger partial charge is 0.231 e. The Balaban J connectivity index is 0.000000290. The van der Waals surface area contributed by atoms with Gasteiger partial charge in [0.25, 0.3) is 0 Å². The lowest BCUT2D eigenvalue weighted by Crippen LogP contribution is -2.17. The summed E-state index contributed by atoms with van der Waals surface area (Å²) in [5, 5.41) is 10.8. The van der Waals surface area contributed by atoms with Gasteiger partial charge in [-0.2, -0.15) is 0 Å². The normalized spacial score (nSPS) is 15.7. The Morgan fingerprint density at radius 3 is 1.95 bits per heavy atom. The van der Waals surface area contributed by atoms with Crippen molar-refractivity contribution in [1.29, 1.82) is 10.8 Å². The number of benzene rings is 1. The number of allylic oxidation sites excluding steroid dienone is 4. The quantitative estimate of drug-likeness (QED) is 0.555. The second-order valence-corrected chi connectivity index (χ2v) is 5.12. The molecule has 0 unspecified atom stereocenters. The summed E-state index contributed by atoms with van der Waals surface area (Å²) in [7, 11) is 0. The van der Waals surface area contributed by atoms with Crippen LogP contribution in [0.3, 0.4) is 0 Å². The molecular weight excluding hydrogens is 252 g/mol. The molecule has 1 aromatic rings. The maximum atomic E-state index is 8.35. The number of fused-ring (bicyclic) bond motifs is 4. The standard InChI is InChI=1S/C14H14.2CHNO/c1-14(2)8-7-12-10-5-3-4-6-11(10)13(12)9-14;2*2-1-3/h3-7,9H,8H2,1-2H3;2*2H. The summed E-state index contributed by atoms with van der Waals surface area (Å²) in [4.78, 5) is 16.7. The first-order chi connectivity index (χ1) is 9.50. The summed E-state index contributed by atoms with van der Waals surface area (Å²) in [5.41, 5.74) is 6.16. The van der Waals surface area contributed by atoms with Crippen molar-refractivity contribution in [3.05, 3.63) is 47.5 Å². The van der Waals surface area contributed by atoms with Crippen molar-refractivity contribution in [2.75, 3.05) is 0 Å². The van der Waals surface area contributed by atoms with Gasteiger partial charge in [0.05, 0.1) is 0 Å². The van der Waals surface area contributed by atoms with Crippen molar-refractivity contribution in [2.24, 2.45) is 5.41 Å². The molecule has 0 aromatic heterocycles. The summed E-state index contributed by atoms with van der Waals surface area (Å²) < 4.78 is 0. The van der Waals surface area contributed by atoms with Gasteiger partial charge >= 0.3 is 0 Å². The minimum atomic E-state index is 0.340. The third kappa shape index (κ3) is 3.27. The Morgan fingerprint density at radius 2 is 1.45 bits per heavy atom. The highest BCUT2D eigenvalue weighted by Gasteiger charge is 2.31. The molecule has 2 N–H and O–H groups in total. The van der Waals surface area contributed by atoms with Crippen molar-refractivity contribution in [2.45, 2.75) is 20.3 Å². The van der Waals surface area contributed by atoms with Gasteiger partial charge in [-0.05, 0) is 34.1 Å². The fraction of sp³-hybridized carbons (Fsp3) is 0.250. The molecule has 0 amide bonds. The molecule has 0 aliphatic heterocycles. The van der Waals surface area contributed by atoms with E-state index in [9.17, 15) is 0 Å². The molecule has 0 heterocycles. The van der Waals surface area contributed by atoms with Crippen molar-refractivity contribution in [1.82, 2.24) is 0 Å².